The molecule has 0 atom stereocenters. The Morgan fingerprint density at radius 2 is 1.70 bits per heavy atom. The summed E-state index contributed by atoms with van der Waals surface area (Å²) in [6.45, 7) is 3.94. The predicted molar refractivity (Wildman–Crippen MR) is 88.4 cm³/mol. The molecule has 2 heterocycles. The molecular weight excluding hydrogens is 290 g/mol. The molecule has 0 unspecified atom stereocenters. The second kappa shape index (κ2) is 6.16. The largest absolute Gasteiger partial charge is 0.263 e. The van der Waals surface area contributed by atoms with Gasteiger partial charge >= 0.3 is 0 Å². The van der Waals surface area contributed by atoms with Gasteiger partial charge in [0.2, 0.25) is 0 Å². The van der Waals surface area contributed by atoms with E-state index in [0.717, 1.165) is 27.9 Å². The minimum Gasteiger partial charge on any atom is -0.263 e. The summed E-state index contributed by atoms with van der Waals surface area (Å²) in [4.78, 5) is 8.72. The van der Waals surface area contributed by atoms with Crippen LogP contribution in [-0.2, 0) is 0 Å². The molecule has 0 bridgehead atoms. The van der Waals surface area contributed by atoms with Gasteiger partial charge in [-0.3, -0.25) is 15.4 Å². The van der Waals surface area contributed by atoms with Crippen molar-refractivity contribution in [2.24, 2.45) is 0 Å². The fourth-order valence-electron chi connectivity index (χ4n) is 2.47. The Morgan fingerprint density at radius 3 is 2.39 bits per heavy atom. The van der Waals surface area contributed by atoms with Crippen molar-refractivity contribution in [3.8, 4) is 22.5 Å². The third-order valence-electron chi connectivity index (χ3n) is 3.74. The third-order valence-corrected chi connectivity index (χ3v) is 3.74. The maximum absolute atomic E-state index is 9.20. The van der Waals surface area contributed by atoms with Gasteiger partial charge in [-0.15, -0.1) is 5.23 Å². The highest BCUT2D eigenvalue weighted by atomic mass is 16.8. The number of hydrogen-bond donors (Lipinski definition) is 2. The Hall–Kier alpha value is -2.76. The van der Waals surface area contributed by atoms with E-state index in [2.05, 4.69) is 9.97 Å². The number of hydrogen-bond acceptors (Lipinski definition) is 5. The first kappa shape index (κ1) is 15.1. The summed E-state index contributed by atoms with van der Waals surface area (Å²) in [5.41, 5.74) is 5.54. The summed E-state index contributed by atoms with van der Waals surface area (Å²) >= 11 is 0. The van der Waals surface area contributed by atoms with Gasteiger partial charge in [0.25, 0.3) is 0 Å². The van der Waals surface area contributed by atoms with Crippen molar-refractivity contribution in [2.75, 3.05) is 5.23 Å². The third kappa shape index (κ3) is 3.06. The van der Waals surface area contributed by atoms with Crippen LogP contribution in [0.2, 0.25) is 0 Å². The van der Waals surface area contributed by atoms with E-state index in [1.807, 2.05) is 56.3 Å². The zero-order valence-electron chi connectivity index (χ0n) is 12.9. The Labute approximate surface area is 134 Å². The summed E-state index contributed by atoms with van der Waals surface area (Å²) in [6, 6.07) is 15.2. The molecule has 0 amide bonds. The standard InChI is InChI=1S/C18H17N3O2/c1-12-6-8-14(16-5-3-4-10-19-16)11-15(12)18-13(2)7-9-17(20-18)21(22)23/h3-11,22-23H,1-2H3. The smallest absolute Gasteiger partial charge is 0.183 e. The zero-order valence-corrected chi connectivity index (χ0v) is 12.9. The Morgan fingerprint density at radius 1 is 0.913 bits per heavy atom. The van der Waals surface area contributed by atoms with Crippen molar-refractivity contribution in [3.63, 3.8) is 0 Å². The normalized spacial score (nSPS) is 10.6. The highest BCUT2D eigenvalue weighted by Crippen LogP contribution is 2.30. The van der Waals surface area contributed by atoms with Gasteiger partial charge in [-0.05, 0) is 49.2 Å². The summed E-state index contributed by atoms with van der Waals surface area (Å²) < 4.78 is 0. The van der Waals surface area contributed by atoms with E-state index in [0.29, 0.717) is 5.69 Å². The van der Waals surface area contributed by atoms with Crippen LogP contribution in [0.25, 0.3) is 22.5 Å². The lowest BCUT2D eigenvalue weighted by atomic mass is 9.98. The molecule has 5 nitrogen and oxygen atoms in total. The average Bonchev–Trinajstić information content (AvgIpc) is 2.56. The molecular formula is C18H17N3O2. The summed E-state index contributed by atoms with van der Waals surface area (Å²) in [5, 5.41) is 18.4. The van der Waals surface area contributed by atoms with Crippen molar-refractivity contribution in [3.05, 3.63) is 65.9 Å². The molecule has 0 fully saturated rings. The van der Waals surface area contributed by atoms with Gasteiger partial charge in [-0.1, -0.05) is 24.3 Å². The van der Waals surface area contributed by atoms with Crippen molar-refractivity contribution in [1.82, 2.24) is 9.97 Å². The van der Waals surface area contributed by atoms with Gasteiger partial charge in [-0.2, -0.15) is 0 Å². The lowest BCUT2D eigenvalue weighted by molar-refractivity contribution is 0.0268. The number of nitrogens with zero attached hydrogens (tertiary/aromatic N) is 3. The monoisotopic (exact) mass is 307 g/mol. The SMILES string of the molecule is Cc1ccc(-c2ccccn2)cc1-c1nc(N(O)O)ccc1C. The maximum Gasteiger partial charge on any atom is 0.183 e. The van der Waals surface area contributed by atoms with E-state index < -0.39 is 0 Å². The molecule has 0 spiro atoms. The zero-order chi connectivity index (χ0) is 16.4. The van der Waals surface area contributed by atoms with E-state index in [4.69, 9.17) is 0 Å². The van der Waals surface area contributed by atoms with Crippen LogP contribution in [0.4, 0.5) is 5.82 Å². The van der Waals surface area contributed by atoms with Crippen LogP contribution in [0.1, 0.15) is 11.1 Å². The molecule has 0 aliphatic rings. The minimum absolute atomic E-state index is 0.0286. The first-order chi connectivity index (χ1) is 11.1. The van der Waals surface area contributed by atoms with Gasteiger partial charge in [0.15, 0.2) is 5.82 Å². The highest BCUT2D eigenvalue weighted by Gasteiger charge is 2.12. The van der Waals surface area contributed by atoms with E-state index >= 15 is 0 Å². The summed E-state index contributed by atoms with van der Waals surface area (Å²) in [6.07, 6.45) is 1.76. The second-order valence-corrected chi connectivity index (χ2v) is 5.37. The molecule has 2 aromatic heterocycles. The molecule has 5 heteroatoms. The van der Waals surface area contributed by atoms with Crippen LogP contribution < -0.4 is 5.23 Å². The van der Waals surface area contributed by atoms with Crippen molar-refractivity contribution >= 4 is 5.82 Å². The van der Waals surface area contributed by atoms with Gasteiger partial charge < -0.3 is 0 Å². The molecule has 0 saturated heterocycles. The number of rotatable bonds is 3. The van der Waals surface area contributed by atoms with Gasteiger partial charge in [0.05, 0.1) is 11.4 Å². The Balaban J connectivity index is 2.15. The second-order valence-electron chi connectivity index (χ2n) is 5.37. The molecule has 0 aliphatic carbocycles. The molecule has 0 radical (unpaired) electrons. The average molecular weight is 307 g/mol. The van der Waals surface area contributed by atoms with Crippen molar-refractivity contribution in [1.29, 1.82) is 0 Å². The first-order valence-electron chi connectivity index (χ1n) is 7.24. The number of aryl methyl sites for hydroxylation is 2. The quantitative estimate of drug-likeness (QED) is 0.715. The topological polar surface area (TPSA) is 69.5 Å². The van der Waals surface area contributed by atoms with Crippen molar-refractivity contribution in [2.45, 2.75) is 13.8 Å². The predicted octanol–water partition coefficient (Wildman–Crippen LogP) is 4.01. The molecule has 2 N–H and O–H groups in total. The van der Waals surface area contributed by atoms with Crippen LogP contribution in [0.3, 0.4) is 0 Å². The molecule has 23 heavy (non-hydrogen) atoms. The van der Waals surface area contributed by atoms with Gasteiger partial charge in [0.1, 0.15) is 0 Å². The van der Waals surface area contributed by atoms with Crippen LogP contribution in [-0.4, -0.2) is 20.4 Å². The molecule has 3 aromatic rings. The van der Waals surface area contributed by atoms with Crippen LogP contribution >= 0.6 is 0 Å². The first-order valence-corrected chi connectivity index (χ1v) is 7.24. The fourth-order valence-corrected chi connectivity index (χ4v) is 2.47. The van der Waals surface area contributed by atoms with Gasteiger partial charge in [0, 0.05) is 17.3 Å². The lowest BCUT2D eigenvalue weighted by Gasteiger charge is -2.14. The number of anilines is 1. The highest BCUT2D eigenvalue weighted by molar-refractivity contribution is 5.74. The number of aromatic nitrogens is 2. The number of benzene rings is 1. The molecule has 116 valence electrons. The summed E-state index contributed by atoms with van der Waals surface area (Å²) in [5.74, 6) is 0.0771. The van der Waals surface area contributed by atoms with Crippen molar-refractivity contribution < 1.29 is 10.4 Å². The van der Waals surface area contributed by atoms with Crippen LogP contribution in [0.15, 0.2) is 54.7 Å². The fraction of sp³-hybridized carbons (Fsp3) is 0.111. The minimum atomic E-state index is 0.0286. The van der Waals surface area contributed by atoms with Gasteiger partial charge in [-0.25, -0.2) is 4.98 Å². The Kier molecular flexibility index (Phi) is 4.06. The molecule has 0 saturated carbocycles. The molecule has 1 aromatic carbocycles. The molecule has 3 rings (SSSR count). The van der Waals surface area contributed by atoms with Crippen LogP contribution in [0, 0.1) is 13.8 Å². The van der Waals surface area contributed by atoms with E-state index in [-0.39, 0.29) is 11.0 Å². The van der Waals surface area contributed by atoms with E-state index in [1.54, 1.807) is 12.3 Å². The molecule has 0 aliphatic heterocycles. The summed E-state index contributed by atoms with van der Waals surface area (Å²) in [7, 11) is 0. The number of pyridine rings is 2. The van der Waals surface area contributed by atoms with Crippen LogP contribution in [0.5, 0.6) is 0 Å². The van der Waals surface area contributed by atoms with E-state index in [1.165, 1.54) is 0 Å². The Bertz CT molecular complexity index is 833. The van der Waals surface area contributed by atoms with E-state index in [9.17, 15) is 10.4 Å². The maximum atomic E-state index is 9.20. The lowest BCUT2D eigenvalue weighted by Crippen LogP contribution is -2.13.